The topological polar surface area (TPSA) is 133 Å². The highest BCUT2D eigenvalue weighted by atomic mass is 79.9. The average molecular weight is 667 g/mol. The monoisotopic (exact) mass is 665 g/mol. The fourth-order valence-corrected chi connectivity index (χ4v) is 4.87. The van der Waals surface area contributed by atoms with E-state index in [-0.39, 0.29) is 54.2 Å². The molecule has 3 aromatic carbocycles. The lowest BCUT2D eigenvalue weighted by atomic mass is 10.1. The van der Waals surface area contributed by atoms with Crippen LogP contribution in [-0.4, -0.2) is 50.2 Å². The van der Waals surface area contributed by atoms with Gasteiger partial charge >= 0.3 is 6.03 Å². The number of nitrogens with one attached hydrogen (secondary N) is 2. The van der Waals surface area contributed by atoms with Crippen molar-refractivity contribution < 1.29 is 38.1 Å². The van der Waals surface area contributed by atoms with E-state index < -0.39 is 17.8 Å². The fourth-order valence-electron chi connectivity index (χ4n) is 4.29. The Hall–Kier alpha value is -4.84. The Morgan fingerprint density at radius 1 is 0.886 bits per heavy atom. The van der Waals surface area contributed by atoms with Gasteiger partial charge in [-0.25, -0.2) is 9.69 Å². The standard InChI is InChI=1S/C32H32BrN3O8/c1-5-41-22-12-13-26(42-6-2)25(17-22)36-31(39)23(30(38)35-32(36)40)14-20-15-24(33)29(27(16-20)43-7-3)44-18-28(37)34-21-10-8-19(4)9-11-21/h8-17H,5-7,18H2,1-4H3,(H,34,37)(H,35,38,40)/b23-14+. The zero-order chi connectivity index (χ0) is 31.8. The van der Waals surface area contributed by atoms with Gasteiger partial charge < -0.3 is 24.3 Å². The molecule has 12 heteroatoms. The maximum absolute atomic E-state index is 13.7. The second-order valence-corrected chi connectivity index (χ2v) is 10.3. The number of anilines is 2. The molecule has 11 nitrogen and oxygen atoms in total. The van der Waals surface area contributed by atoms with Gasteiger partial charge in [-0.15, -0.1) is 0 Å². The number of benzene rings is 3. The summed E-state index contributed by atoms with van der Waals surface area (Å²) in [4.78, 5) is 52.8. The number of halogens is 1. The molecule has 4 rings (SSSR count). The first-order valence-corrected chi connectivity index (χ1v) is 14.7. The van der Waals surface area contributed by atoms with Crippen molar-refractivity contribution in [2.45, 2.75) is 27.7 Å². The number of hydrogen-bond donors (Lipinski definition) is 2. The number of carbonyl (C=O) groups is 4. The lowest BCUT2D eigenvalue weighted by Crippen LogP contribution is -2.54. The van der Waals surface area contributed by atoms with Crippen LogP contribution in [0.1, 0.15) is 31.9 Å². The average Bonchev–Trinajstić information content (AvgIpc) is 2.97. The molecule has 0 aliphatic carbocycles. The summed E-state index contributed by atoms with van der Waals surface area (Å²) >= 11 is 3.45. The van der Waals surface area contributed by atoms with Crippen molar-refractivity contribution in [3.05, 3.63) is 75.8 Å². The minimum Gasteiger partial charge on any atom is -0.494 e. The van der Waals surface area contributed by atoms with Gasteiger partial charge in [-0.3, -0.25) is 19.7 Å². The number of nitrogens with zero attached hydrogens (tertiary/aromatic N) is 1. The Balaban J connectivity index is 1.62. The van der Waals surface area contributed by atoms with Gasteiger partial charge in [-0.1, -0.05) is 17.7 Å². The highest BCUT2D eigenvalue weighted by molar-refractivity contribution is 9.10. The summed E-state index contributed by atoms with van der Waals surface area (Å²) in [6.07, 6.45) is 1.34. The number of imide groups is 2. The van der Waals surface area contributed by atoms with Crippen molar-refractivity contribution >= 4 is 57.1 Å². The summed E-state index contributed by atoms with van der Waals surface area (Å²) in [5, 5.41) is 4.99. The molecule has 0 spiro atoms. The second-order valence-electron chi connectivity index (χ2n) is 9.42. The van der Waals surface area contributed by atoms with E-state index in [1.165, 1.54) is 12.1 Å². The highest BCUT2D eigenvalue weighted by Gasteiger charge is 2.38. The maximum Gasteiger partial charge on any atom is 0.336 e. The second kappa shape index (κ2) is 14.6. The first kappa shape index (κ1) is 32.1. The van der Waals surface area contributed by atoms with Crippen LogP contribution in [0.15, 0.2) is 64.6 Å². The van der Waals surface area contributed by atoms with Crippen LogP contribution in [0, 0.1) is 6.92 Å². The van der Waals surface area contributed by atoms with E-state index in [2.05, 4.69) is 26.6 Å². The van der Waals surface area contributed by atoms with Gasteiger partial charge in [0.1, 0.15) is 17.1 Å². The number of hydrogen-bond acceptors (Lipinski definition) is 8. The van der Waals surface area contributed by atoms with Crippen molar-refractivity contribution in [3.8, 4) is 23.0 Å². The van der Waals surface area contributed by atoms with Gasteiger partial charge in [0.15, 0.2) is 18.1 Å². The van der Waals surface area contributed by atoms with E-state index in [0.717, 1.165) is 10.5 Å². The van der Waals surface area contributed by atoms with E-state index in [0.29, 0.717) is 28.1 Å². The van der Waals surface area contributed by atoms with Crippen molar-refractivity contribution in [2.75, 3.05) is 36.6 Å². The molecule has 0 saturated carbocycles. The smallest absolute Gasteiger partial charge is 0.336 e. The molecule has 230 valence electrons. The molecule has 0 atom stereocenters. The summed E-state index contributed by atoms with van der Waals surface area (Å²) < 4.78 is 23.2. The molecule has 1 fully saturated rings. The minimum atomic E-state index is -0.921. The van der Waals surface area contributed by atoms with Crippen LogP contribution in [0.3, 0.4) is 0 Å². The molecule has 2 N–H and O–H groups in total. The normalized spacial score (nSPS) is 13.9. The van der Waals surface area contributed by atoms with Crippen molar-refractivity contribution in [1.82, 2.24) is 5.32 Å². The molecule has 0 aromatic heterocycles. The number of amides is 5. The van der Waals surface area contributed by atoms with Crippen LogP contribution in [0.2, 0.25) is 0 Å². The van der Waals surface area contributed by atoms with Gasteiger partial charge in [-0.05, 0) is 91.7 Å². The number of barbiturate groups is 1. The predicted octanol–water partition coefficient (Wildman–Crippen LogP) is 5.64. The molecule has 3 aromatic rings. The molecule has 1 heterocycles. The summed E-state index contributed by atoms with van der Waals surface area (Å²) in [6, 6.07) is 14.4. The van der Waals surface area contributed by atoms with E-state index >= 15 is 0 Å². The quantitative estimate of drug-likeness (QED) is 0.188. The van der Waals surface area contributed by atoms with Crippen LogP contribution in [-0.2, 0) is 14.4 Å². The zero-order valence-electron chi connectivity index (χ0n) is 24.7. The number of rotatable bonds is 12. The molecular weight excluding hydrogens is 634 g/mol. The summed E-state index contributed by atoms with van der Waals surface area (Å²) in [5.74, 6) is -0.865. The Morgan fingerprint density at radius 2 is 1.57 bits per heavy atom. The van der Waals surface area contributed by atoms with Crippen LogP contribution in [0.25, 0.3) is 6.08 Å². The first-order chi connectivity index (χ1) is 21.1. The Kier molecular flexibility index (Phi) is 10.6. The third-order valence-electron chi connectivity index (χ3n) is 6.21. The number of aryl methyl sites for hydroxylation is 1. The third kappa shape index (κ3) is 7.56. The number of carbonyl (C=O) groups excluding carboxylic acids is 4. The van der Waals surface area contributed by atoms with Crippen LogP contribution < -0.4 is 34.5 Å². The summed E-state index contributed by atoms with van der Waals surface area (Å²) in [7, 11) is 0. The van der Waals surface area contributed by atoms with Crippen LogP contribution >= 0.6 is 15.9 Å². The number of ether oxygens (including phenoxy) is 4. The van der Waals surface area contributed by atoms with Crippen molar-refractivity contribution in [2.24, 2.45) is 0 Å². The van der Waals surface area contributed by atoms with E-state index in [4.69, 9.17) is 18.9 Å². The van der Waals surface area contributed by atoms with Gasteiger partial charge in [0, 0.05) is 11.8 Å². The number of urea groups is 1. The van der Waals surface area contributed by atoms with Gasteiger partial charge in [0.05, 0.1) is 30.0 Å². The largest absolute Gasteiger partial charge is 0.494 e. The molecule has 1 aliphatic heterocycles. The van der Waals surface area contributed by atoms with Crippen molar-refractivity contribution in [1.29, 1.82) is 0 Å². The predicted molar refractivity (Wildman–Crippen MR) is 168 cm³/mol. The highest BCUT2D eigenvalue weighted by Crippen LogP contribution is 2.39. The Labute approximate surface area is 263 Å². The molecule has 0 bridgehead atoms. The first-order valence-electron chi connectivity index (χ1n) is 13.9. The SMILES string of the molecule is CCOc1ccc(OCC)c(N2C(=O)NC(=O)/C(=C\c3cc(Br)c(OCC(=O)Nc4ccc(C)cc4)c(OCC)c3)C2=O)c1. The van der Waals surface area contributed by atoms with Gasteiger partial charge in [0.25, 0.3) is 17.7 Å². The fraction of sp³-hybridized carbons (Fsp3) is 0.250. The van der Waals surface area contributed by atoms with Crippen molar-refractivity contribution in [3.63, 3.8) is 0 Å². The van der Waals surface area contributed by atoms with Gasteiger partial charge in [0.2, 0.25) is 0 Å². The molecule has 0 radical (unpaired) electrons. The summed E-state index contributed by atoms with van der Waals surface area (Å²) in [6.45, 7) is 7.93. The van der Waals surface area contributed by atoms with E-state index in [1.807, 2.05) is 19.1 Å². The van der Waals surface area contributed by atoms with Crippen LogP contribution in [0.5, 0.6) is 23.0 Å². The molecular formula is C32H32BrN3O8. The lowest BCUT2D eigenvalue weighted by molar-refractivity contribution is -0.122. The third-order valence-corrected chi connectivity index (χ3v) is 6.80. The molecule has 5 amide bonds. The molecule has 1 aliphatic rings. The molecule has 44 heavy (non-hydrogen) atoms. The van der Waals surface area contributed by atoms with Gasteiger partial charge in [-0.2, -0.15) is 0 Å². The Bertz CT molecular complexity index is 1600. The van der Waals surface area contributed by atoms with Crippen LogP contribution in [0.4, 0.5) is 16.2 Å². The summed E-state index contributed by atoms with van der Waals surface area (Å²) in [5.41, 5.74) is 1.93. The molecule has 1 saturated heterocycles. The lowest BCUT2D eigenvalue weighted by Gasteiger charge is -2.28. The molecule has 0 unspecified atom stereocenters. The Morgan fingerprint density at radius 3 is 2.25 bits per heavy atom. The maximum atomic E-state index is 13.7. The minimum absolute atomic E-state index is 0.127. The van der Waals surface area contributed by atoms with E-state index in [1.54, 1.807) is 57.2 Å². The zero-order valence-corrected chi connectivity index (χ0v) is 26.3. The van der Waals surface area contributed by atoms with E-state index in [9.17, 15) is 19.2 Å².